The second-order valence-electron chi connectivity index (χ2n) is 5.24. The van der Waals surface area contributed by atoms with Gasteiger partial charge in [-0.1, -0.05) is 6.42 Å². The number of carbonyl (C=O) groups is 1. The summed E-state index contributed by atoms with van der Waals surface area (Å²) in [5.41, 5.74) is 6.06. The van der Waals surface area contributed by atoms with E-state index in [-0.39, 0.29) is 17.9 Å². The predicted molar refractivity (Wildman–Crippen MR) is 74.6 cm³/mol. The Morgan fingerprint density at radius 2 is 2.28 bits per heavy atom. The van der Waals surface area contributed by atoms with Crippen molar-refractivity contribution in [3.8, 4) is 0 Å². The number of methoxy groups -OCH3 is 1. The molecule has 2 rings (SSSR count). The Labute approximate surface area is 114 Å². The second-order valence-corrected chi connectivity index (χ2v) is 6.39. The molecule has 1 aliphatic heterocycles. The molecule has 0 spiro atoms. The van der Waals surface area contributed by atoms with Gasteiger partial charge in [0.1, 0.15) is 0 Å². The quantitative estimate of drug-likeness (QED) is 0.814. The van der Waals surface area contributed by atoms with E-state index in [2.05, 4.69) is 0 Å². The molecule has 2 N–H and O–H groups in total. The van der Waals surface area contributed by atoms with E-state index < -0.39 is 0 Å². The highest BCUT2D eigenvalue weighted by molar-refractivity contribution is 7.99. The first-order valence-electron chi connectivity index (χ1n) is 6.86. The van der Waals surface area contributed by atoms with Crippen molar-refractivity contribution in [1.82, 2.24) is 4.90 Å². The van der Waals surface area contributed by atoms with E-state index in [0.717, 1.165) is 37.2 Å². The van der Waals surface area contributed by atoms with Crippen molar-refractivity contribution in [3.05, 3.63) is 0 Å². The molecule has 1 saturated heterocycles. The van der Waals surface area contributed by atoms with Crippen LogP contribution in [0.1, 0.15) is 25.7 Å². The van der Waals surface area contributed by atoms with Gasteiger partial charge in [-0.15, -0.1) is 0 Å². The third-order valence-electron chi connectivity index (χ3n) is 4.05. The fourth-order valence-corrected chi connectivity index (χ4v) is 4.16. The molecule has 1 saturated carbocycles. The summed E-state index contributed by atoms with van der Waals surface area (Å²) < 4.78 is 5.14. The monoisotopic (exact) mass is 272 g/mol. The molecule has 3 unspecified atom stereocenters. The van der Waals surface area contributed by atoms with Crippen molar-refractivity contribution >= 4 is 17.7 Å². The highest BCUT2D eigenvalue weighted by atomic mass is 32.2. The van der Waals surface area contributed by atoms with E-state index in [0.29, 0.717) is 19.2 Å². The lowest BCUT2D eigenvalue weighted by Gasteiger charge is -2.32. The standard InChI is InChI=1S/C13H24N2O2S/c1-17-7-6-15(10-5-8-18-9-10)13(16)11-3-2-4-12(11)14/h10-12H,2-9,14H2,1H3. The van der Waals surface area contributed by atoms with Gasteiger partial charge in [-0.25, -0.2) is 0 Å². The largest absolute Gasteiger partial charge is 0.383 e. The molecule has 0 aromatic heterocycles. The van der Waals surface area contributed by atoms with Crippen LogP contribution in [-0.4, -0.2) is 54.7 Å². The molecule has 1 amide bonds. The zero-order valence-electron chi connectivity index (χ0n) is 11.1. The van der Waals surface area contributed by atoms with Gasteiger partial charge < -0.3 is 15.4 Å². The highest BCUT2D eigenvalue weighted by Crippen LogP contribution is 2.29. The van der Waals surface area contributed by atoms with Crippen molar-refractivity contribution in [1.29, 1.82) is 0 Å². The van der Waals surface area contributed by atoms with Gasteiger partial charge in [0.25, 0.3) is 0 Å². The van der Waals surface area contributed by atoms with Crippen LogP contribution >= 0.6 is 11.8 Å². The normalized spacial score (nSPS) is 31.8. The van der Waals surface area contributed by atoms with Crippen LogP contribution in [0.2, 0.25) is 0 Å². The van der Waals surface area contributed by atoms with E-state index in [1.807, 2.05) is 16.7 Å². The molecule has 18 heavy (non-hydrogen) atoms. The number of nitrogens with two attached hydrogens (primary N) is 1. The molecule has 1 aliphatic carbocycles. The van der Waals surface area contributed by atoms with Crippen LogP contribution in [-0.2, 0) is 9.53 Å². The highest BCUT2D eigenvalue weighted by Gasteiger charge is 2.36. The Morgan fingerprint density at radius 3 is 2.83 bits per heavy atom. The van der Waals surface area contributed by atoms with E-state index in [1.165, 1.54) is 0 Å². The zero-order valence-corrected chi connectivity index (χ0v) is 12.0. The van der Waals surface area contributed by atoms with Gasteiger partial charge in [-0.05, 0) is 25.0 Å². The molecule has 0 aromatic rings. The maximum atomic E-state index is 12.6. The van der Waals surface area contributed by atoms with Crippen LogP contribution in [0.25, 0.3) is 0 Å². The van der Waals surface area contributed by atoms with Crippen LogP contribution in [0.4, 0.5) is 0 Å². The minimum Gasteiger partial charge on any atom is -0.383 e. The molecule has 2 fully saturated rings. The second kappa shape index (κ2) is 6.78. The van der Waals surface area contributed by atoms with Crippen molar-refractivity contribution in [2.75, 3.05) is 31.8 Å². The summed E-state index contributed by atoms with van der Waals surface area (Å²) in [4.78, 5) is 14.7. The van der Waals surface area contributed by atoms with Crippen LogP contribution < -0.4 is 5.73 Å². The summed E-state index contributed by atoms with van der Waals surface area (Å²) in [5, 5.41) is 0. The Hall–Kier alpha value is -0.260. The van der Waals surface area contributed by atoms with Gasteiger partial charge in [0.15, 0.2) is 0 Å². The number of rotatable bonds is 5. The third kappa shape index (κ3) is 3.19. The lowest BCUT2D eigenvalue weighted by molar-refractivity contribution is -0.138. The molecule has 0 aromatic carbocycles. The number of hydrogen-bond donors (Lipinski definition) is 1. The third-order valence-corrected chi connectivity index (χ3v) is 5.20. The molecule has 0 bridgehead atoms. The number of nitrogens with zero attached hydrogens (tertiary/aromatic N) is 1. The Bertz CT molecular complexity index is 282. The summed E-state index contributed by atoms with van der Waals surface area (Å²) in [6.45, 7) is 1.33. The number of ether oxygens (including phenoxy) is 1. The van der Waals surface area contributed by atoms with E-state index in [9.17, 15) is 4.79 Å². The molecule has 1 heterocycles. The molecular weight excluding hydrogens is 248 g/mol. The van der Waals surface area contributed by atoms with Gasteiger partial charge in [-0.3, -0.25) is 4.79 Å². The molecule has 2 aliphatic rings. The van der Waals surface area contributed by atoms with Crippen molar-refractivity contribution in [2.45, 2.75) is 37.8 Å². The fraction of sp³-hybridized carbons (Fsp3) is 0.923. The smallest absolute Gasteiger partial charge is 0.227 e. The predicted octanol–water partition coefficient (Wildman–Crippen LogP) is 1.09. The number of carbonyl (C=O) groups excluding carboxylic acids is 1. The van der Waals surface area contributed by atoms with Crippen LogP contribution in [0.3, 0.4) is 0 Å². The first-order chi connectivity index (χ1) is 8.74. The lowest BCUT2D eigenvalue weighted by atomic mass is 10.0. The van der Waals surface area contributed by atoms with Gasteiger partial charge in [0.05, 0.1) is 12.5 Å². The molecular formula is C13H24N2O2S. The summed E-state index contributed by atoms with van der Waals surface area (Å²) in [6, 6.07) is 0.460. The molecule has 0 radical (unpaired) electrons. The summed E-state index contributed by atoms with van der Waals surface area (Å²) >= 11 is 1.94. The van der Waals surface area contributed by atoms with Gasteiger partial charge in [0, 0.05) is 31.5 Å². The maximum Gasteiger partial charge on any atom is 0.227 e. The molecule has 5 heteroatoms. The van der Waals surface area contributed by atoms with Crippen LogP contribution in [0.5, 0.6) is 0 Å². The minimum absolute atomic E-state index is 0.0486. The Kier molecular flexibility index (Phi) is 5.33. The topological polar surface area (TPSA) is 55.6 Å². The van der Waals surface area contributed by atoms with Crippen molar-refractivity contribution in [2.24, 2.45) is 11.7 Å². The minimum atomic E-state index is 0.0486. The maximum absolute atomic E-state index is 12.6. The van der Waals surface area contributed by atoms with Crippen molar-refractivity contribution in [3.63, 3.8) is 0 Å². The molecule has 104 valence electrons. The van der Waals surface area contributed by atoms with E-state index >= 15 is 0 Å². The lowest BCUT2D eigenvalue weighted by Crippen LogP contribution is -2.48. The fourth-order valence-electron chi connectivity index (χ4n) is 2.94. The van der Waals surface area contributed by atoms with Crippen LogP contribution in [0, 0.1) is 5.92 Å². The van der Waals surface area contributed by atoms with Gasteiger partial charge >= 0.3 is 0 Å². The van der Waals surface area contributed by atoms with Gasteiger partial charge in [0.2, 0.25) is 5.91 Å². The van der Waals surface area contributed by atoms with Crippen molar-refractivity contribution < 1.29 is 9.53 Å². The first-order valence-corrected chi connectivity index (χ1v) is 8.02. The average Bonchev–Trinajstić information content (AvgIpc) is 3.00. The Balaban J connectivity index is 1.99. The first kappa shape index (κ1) is 14.2. The average molecular weight is 272 g/mol. The zero-order chi connectivity index (χ0) is 13.0. The van der Waals surface area contributed by atoms with E-state index in [1.54, 1.807) is 7.11 Å². The molecule has 4 nitrogen and oxygen atoms in total. The summed E-state index contributed by atoms with van der Waals surface area (Å²) in [5.74, 6) is 2.55. The van der Waals surface area contributed by atoms with Crippen LogP contribution in [0.15, 0.2) is 0 Å². The van der Waals surface area contributed by atoms with E-state index in [4.69, 9.17) is 10.5 Å². The molecule has 3 atom stereocenters. The summed E-state index contributed by atoms with van der Waals surface area (Å²) in [6.07, 6.45) is 4.16. The number of thioether (sulfide) groups is 1. The number of hydrogen-bond acceptors (Lipinski definition) is 4. The van der Waals surface area contributed by atoms with Gasteiger partial charge in [-0.2, -0.15) is 11.8 Å². The Morgan fingerprint density at radius 1 is 1.44 bits per heavy atom. The SMILES string of the molecule is COCCN(C(=O)C1CCCC1N)C1CCSC1. The number of amides is 1. The summed E-state index contributed by atoms with van der Waals surface area (Å²) in [7, 11) is 1.69.